The fourth-order valence-electron chi connectivity index (χ4n) is 4.42. The number of carbonyl (C=O) groups excluding carboxylic acids is 1. The molecular weight excluding hydrogens is 420 g/mol. The summed E-state index contributed by atoms with van der Waals surface area (Å²) >= 11 is 5.62. The van der Waals surface area contributed by atoms with Gasteiger partial charge in [-0.2, -0.15) is 0 Å². The highest BCUT2D eigenvalue weighted by Gasteiger charge is 2.23. The van der Waals surface area contributed by atoms with Gasteiger partial charge >= 0.3 is 0 Å². The predicted octanol–water partition coefficient (Wildman–Crippen LogP) is 4.06. The summed E-state index contributed by atoms with van der Waals surface area (Å²) < 4.78 is 2.51. The zero-order chi connectivity index (χ0) is 21.7. The van der Waals surface area contributed by atoms with Gasteiger partial charge in [-0.25, -0.2) is 9.97 Å². The lowest BCUT2D eigenvalue weighted by Gasteiger charge is -2.35. The van der Waals surface area contributed by atoms with E-state index >= 15 is 0 Å². The average Bonchev–Trinajstić information content (AvgIpc) is 3.24. The molecule has 0 unspecified atom stereocenters. The van der Waals surface area contributed by atoms with E-state index in [2.05, 4.69) is 14.9 Å². The first kappa shape index (κ1) is 18.9. The molecule has 0 atom stereocenters. The van der Waals surface area contributed by atoms with Crippen molar-refractivity contribution in [3.8, 4) is 0 Å². The van der Waals surface area contributed by atoms with Gasteiger partial charge in [0.1, 0.15) is 11.5 Å². The number of hydrogen-bond acceptors (Lipinski definition) is 5. The number of amides is 1. The van der Waals surface area contributed by atoms with E-state index in [1.54, 1.807) is 6.20 Å². The largest absolute Gasteiger partial charge is 0.353 e. The number of aromatic amines is 1. The Morgan fingerprint density at radius 2 is 1.78 bits per heavy atom. The normalized spacial score (nSPS) is 14.5. The van der Waals surface area contributed by atoms with Crippen LogP contribution in [0.3, 0.4) is 0 Å². The second kappa shape index (κ2) is 7.42. The number of carbonyl (C=O) groups is 1. The van der Waals surface area contributed by atoms with Crippen LogP contribution in [0.25, 0.3) is 27.6 Å². The second-order valence-electron chi connectivity index (χ2n) is 7.92. The first-order chi connectivity index (χ1) is 15.7. The van der Waals surface area contributed by atoms with Gasteiger partial charge in [0, 0.05) is 43.3 Å². The summed E-state index contributed by atoms with van der Waals surface area (Å²) in [5.41, 5.74) is 4.13. The Morgan fingerprint density at radius 3 is 2.59 bits per heavy atom. The SMILES string of the molecule is O=C(c1ccc2c(c1)[nH]c(=S)n1c3ccccc3nc21)N1CCN(c2ccccn2)CC1. The predicted molar refractivity (Wildman–Crippen MR) is 128 cm³/mol. The maximum Gasteiger partial charge on any atom is 0.254 e. The monoisotopic (exact) mass is 440 g/mol. The number of rotatable bonds is 2. The van der Waals surface area contributed by atoms with Gasteiger partial charge in [0.15, 0.2) is 4.77 Å². The van der Waals surface area contributed by atoms with Crippen molar-refractivity contribution in [2.75, 3.05) is 31.1 Å². The van der Waals surface area contributed by atoms with Crippen LogP contribution in [0.15, 0.2) is 66.9 Å². The molecule has 4 heterocycles. The highest BCUT2D eigenvalue weighted by molar-refractivity contribution is 7.71. The summed E-state index contributed by atoms with van der Waals surface area (Å²) in [7, 11) is 0. The number of piperazine rings is 1. The maximum absolute atomic E-state index is 13.2. The summed E-state index contributed by atoms with van der Waals surface area (Å²) in [6, 6.07) is 19.6. The molecule has 0 aliphatic carbocycles. The topological polar surface area (TPSA) is 69.5 Å². The highest BCUT2D eigenvalue weighted by atomic mass is 32.1. The summed E-state index contributed by atoms with van der Waals surface area (Å²) in [5.74, 6) is 0.981. The number of para-hydroxylation sites is 2. The van der Waals surface area contributed by atoms with Crippen molar-refractivity contribution in [2.24, 2.45) is 0 Å². The summed E-state index contributed by atoms with van der Waals surface area (Å²) in [5, 5.41) is 0.936. The van der Waals surface area contributed by atoms with Crippen molar-refractivity contribution in [1.29, 1.82) is 0 Å². The van der Waals surface area contributed by atoms with Gasteiger partial charge < -0.3 is 14.8 Å². The average molecular weight is 441 g/mol. The highest BCUT2D eigenvalue weighted by Crippen LogP contribution is 2.25. The number of aromatic nitrogens is 4. The van der Waals surface area contributed by atoms with Crippen LogP contribution in [-0.2, 0) is 0 Å². The van der Waals surface area contributed by atoms with Crippen LogP contribution in [-0.4, -0.2) is 56.3 Å². The van der Waals surface area contributed by atoms with Gasteiger partial charge in [-0.05, 0) is 54.7 Å². The van der Waals surface area contributed by atoms with E-state index in [9.17, 15) is 4.79 Å². The third kappa shape index (κ3) is 3.03. The molecule has 0 radical (unpaired) electrons. The number of benzene rings is 2. The quantitative estimate of drug-likeness (QED) is 0.419. The molecule has 2 aromatic carbocycles. The number of fused-ring (bicyclic) bond motifs is 5. The number of H-pyrrole nitrogens is 1. The van der Waals surface area contributed by atoms with Crippen LogP contribution in [0.5, 0.6) is 0 Å². The molecule has 1 fully saturated rings. The Bertz CT molecular complexity index is 1530. The molecule has 0 saturated carbocycles. The van der Waals surface area contributed by atoms with Crippen LogP contribution >= 0.6 is 12.2 Å². The summed E-state index contributed by atoms with van der Waals surface area (Å²) in [6.07, 6.45) is 1.80. The number of pyridine rings is 1. The van der Waals surface area contributed by atoms with E-state index in [1.807, 2.05) is 70.0 Å². The third-order valence-electron chi connectivity index (χ3n) is 6.05. The van der Waals surface area contributed by atoms with E-state index in [1.165, 1.54) is 0 Å². The van der Waals surface area contributed by atoms with Crippen molar-refractivity contribution in [3.63, 3.8) is 0 Å². The van der Waals surface area contributed by atoms with Crippen LogP contribution in [0.4, 0.5) is 5.82 Å². The minimum atomic E-state index is 0.0280. The van der Waals surface area contributed by atoms with Gasteiger partial charge in [-0.3, -0.25) is 9.20 Å². The Balaban J connectivity index is 1.31. The molecule has 0 bridgehead atoms. The van der Waals surface area contributed by atoms with E-state index < -0.39 is 0 Å². The van der Waals surface area contributed by atoms with E-state index in [-0.39, 0.29) is 5.91 Å². The van der Waals surface area contributed by atoms with Gasteiger partial charge in [-0.15, -0.1) is 0 Å². The summed E-state index contributed by atoms with van der Waals surface area (Å²) in [4.78, 5) is 29.8. The van der Waals surface area contributed by atoms with Crippen LogP contribution < -0.4 is 4.90 Å². The molecule has 1 amide bonds. The van der Waals surface area contributed by atoms with Gasteiger partial charge in [-0.1, -0.05) is 18.2 Å². The van der Waals surface area contributed by atoms with E-state index in [0.29, 0.717) is 23.4 Å². The molecule has 6 rings (SSSR count). The number of anilines is 1. The molecule has 1 aliphatic heterocycles. The van der Waals surface area contributed by atoms with Crippen LogP contribution in [0, 0.1) is 4.77 Å². The maximum atomic E-state index is 13.2. The van der Waals surface area contributed by atoms with Gasteiger partial charge in [0.2, 0.25) is 0 Å². The van der Waals surface area contributed by atoms with Crippen molar-refractivity contribution < 1.29 is 4.79 Å². The minimum absolute atomic E-state index is 0.0280. The lowest BCUT2D eigenvalue weighted by atomic mass is 10.1. The second-order valence-corrected chi connectivity index (χ2v) is 8.30. The lowest BCUT2D eigenvalue weighted by Crippen LogP contribution is -2.49. The fraction of sp³-hybridized carbons (Fsp3) is 0.167. The van der Waals surface area contributed by atoms with E-state index in [0.717, 1.165) is 46.5 Å². The molecule has 32 heavy (non-hydrogen) atoms. The lowest BCUT2D eigenvalue weighted by molar-refractivity contribution is 0.0746. The molecular formula is C24H20N6OS. The van der Waals surface area contributed by atoms with Crippen molar-refractivity contribution in [2.45, 2.75) is 0 Å². The Hall–Kier alpha value is -3.78. The zero-order valence-corrected chi connectivity index (χ0v) is 18.0. The fourth-order valence-corrected chi connectivity index (χ4v) is 4.72. The first-order valence-corrected chi connectivity index (χ1v) is 11.0. The Kier molecular flexibility index (Phi) is 4.39. The molecule has 5 aromatic rings. The van der Waals surface area contributed by atoms with Crippen molar-refractivity contribution >= 4 is 51.5 Å². The standard InChI is InChI=1S/C24H20N6OS/c31-23(29-13-11-28(12-14-29)21-7-3-4-10-25-21)16-8-9-17-19(15-16)27-24(32)30-20-6-2-1-5-18(20)26-22(17)30/h1-10,15H,11-14H2,(H,27,32). The molecule has 1 saturated heterocycles. The molecule has 8 heteroatoms. The van der Waals surface area contributed by atoms with E-state index in [4.69, 9.17) is 17.2 Å². The number of nitrogens with one attached hydrogen (secondary N) is 1. The van der Waals surface area contributed by atoms with Gasteiger partial charge in [0.05, 0.1) is 16.6 Å². The Labute approximate surface area is 188 Å². The Morgan fingerprint density at radius 1 is 0.969 bits per heavy atom. The third-order valence-corrected chi connectivity index (χ3v) is 6.34. The zero-order valence-electron chi connectivity index (χ0n) is 17.2. The van der Waals surface area contributed by atoms with Crippen molar-refractivity contribution in [1.82, 2.24) is 24.3 Å². The molecule has 158 valence electrons. The van der Waals surface area contributed by atoms with Gasteiger partial charge in [0.25, 0.3) is 5.91 Å². The number of hydrogen-bond donors (Lipinski definition) is 1. The first-order valence-electron chi connectivity index (χ1n) is 10.6. The molecule has 0 spiro atoms. The van der Waals surface area contributed by atoms with Crippen LogP contribution in [0.2, 0.25) is 0 Å². The van der Waals surface area contributed by atoms with Crippen molar-refractivity contribution in [3.05, 3.63) is 77.2 Å². The minimum Gasteiger partial charge on any atom is -0.353 e. The number of nitrogens with zero attached hydrogens (tertiary/aromatic N) is 5. The molecule has 3 aromatic heterocycles. The smallest absolute Gasteiger partial charge is 0.254 e. The number of imidazole rings is 1. The molecule has 1 N–H and O–H groups in total. The molecule has 7 nitrogen and oxygen atoms in total. The summed E-state index contributed by atoms with van der Waals surface area (Å²) in [6.45, 7) is 2.85. The van der Waals surface area contributed by atoms with Crippen LogP contribution in [0.1, 0.15) is 10.4 Å². The molecule has 1 aliphatic rings.